The smallest absolute Gasteiger partial charge is 0.255 e. The molecule has 1 amide bonds. The number of carbonyl (C=O) groups is 1. The number of amides is 1. The topological polar surface area (TPSA) is 47.6 Å². The molecule has 5 heteroatoms. The largest absolute Gasteiger partial charge is 0.492 e. The second-order valence-corrected chi connectivity index (χ2v) is 6.60. The standard InChI is InChI=1S/C20H18INO3/c1-3-25-18-12-15(11-17(21)19(18)24-2)20(23)22-16-9-8-13-6-4-5-7-14(13)10-16/h4-12H,3H2,1-2H3,(H,22,23). The molecule has 3 rings (SSSR count). The Morgan fingerprint density at radius 2 is 1.84 bits per heavy atom. The van der Waals surface area contributed by atoms with Crippen molar-refractivity contribution < 1.29 is 14.3 Å². The molecule has 0 aliphatic carbocycles. The van der Waals surface area contributed by atoms with E-state index in [2.05, 4.69) is 27.9 Å². The third kappa shape index (κ3) is 3.87. The maximum absolute atomic E-state index is 12.6. The van der Waals surface area contributed by atoms with E-state index in [1.54, 1.807) is 19.2 Å². The average molecular weight is 447 g/mol. The van der Waals surface area contributed by atoms with Gasteiger partial charge in [-0.15, -0.1) is 0 Å². The van der Waals surface area contributed by atoms with E-state index in [9.17, 15) is 4.79 Å². The van der Waals surface area contributed by atoms with E-state index in [-0.39, 0.29) is 5.91 Å². The van der Waals surface area contributed by atoms with Crippen molar-refractivity contribution in [1.29, 1.82) is 0 Å². The van der Waals surface area contributed by atoms with E-state index in [1.165, 1.54) is 0 Å². The van der Waals surface area contributed by atoms with Crippen molar-refractivity contribution in [2.24, 2.45) is 0 Å². The van der Waals surface area contributed by atoms with Gasteiger partial charge in [0.25, 0.3) is 5.91 Å². The average Bonchev–Trinajstić information content (AvgIpc) is 2.61. The molecular weight excluding hydrogens is 429 g/mol. The molecule has 0 radical (unpaired) electrons. The molecule has 128 valence electrons. The van der Waals surface area contributed by atoms with Crippen molar-refractivity contribution >= 4 is 45.0 Å². The fourth-order valence-electron chi connectivity index (χ4n) is 2.63. The minimum atomic E-state index is -0.184. The molecule has 3 aromatic rings. The molecule has 0 atom stereocenters. The van der Waals surface area contributed by atoms with Crippen molar-refractivity contribution in [2.75, 3.05) is 19.0 Å². The SMILES string of the molecule is CCOc1cc(C(=O)Nc2ccc3ccccc3c2)cc(I)c1OC. The second kappa shape index (κ2) is 7.74. The first kappa shape index (κ1) is 17.5. The van der Waals surface area contributed by atoms with Crippen LogP contribution >= 0.6 is 22.6 Å². The van der Waals surface area contributed by atoms with Gasteiger partial charge in [-0.05, 0) is 64.6 Å². The number of benzene rings is 3. The summed E-state index contributed by atoms with van der Waals surface area (Å²) in [5.74, 6) is 1.03. The Morgan fingerprint density at radius 3 is 2.56 bits per heavy atom. The third-order valence-electron chi connectivity index (χ3n) is 3.78. The molecular formula is C20H18INO3. The van der Waals surface area contributed by atoms with Crippen LogP contribution in [-0.4, -0.2) is 19.6 Å². The Labute approximate surface area is 160 Å². The summed E-state index contributed by atoms with van der Waals surface area (Å²) in [7, 11) is 1.59. The third-order valence-corrected chi connectivity index (χ3v) is 4.58. The van der Waals surface area contributed by atoms with E-state index in [0.717, 1.165) is 20.0 Å². The molecule has 25 heavy (non-hydrogen) atoms. The van der Waals surface area contributed by atoms with E-state index in [0.29, 0.717) is 23.7 Å². The summed E-state index contributed by atoms with van der Waals surface area (Å²) in [6, 6.07) is 17.4. The monoisotopic (exact) mass is 447 g/mol. The van der Waals surface area contributed by atoms with Crippen LogP contribution in [0.2, 0.25) is 0 Å². The number of carbonyl (C=O) groups excluding carboxylic acids is 1. The highest BCUT2D eigenvalue weighted by Crippen LogP contribution is 2.34. The second-order valence-electron chi connectivity index (χ2n) is 5.44. The molecule has 1 N–H and O–H groups in total. The highest BCUT2D eigenvalue weighted by atomic mass is 127. The summed E-state index contributed by atoms with van der Waals surface area (Å²) in [6.45, 7) is 2.40. The summed E-state index contributed by atoms with van der Waals surface area (Å²) in [5.41, 5.74) is 1.29. The van der Waals surface area contributed by atoms with Gasteiger partial charge >= 0.3 is 0 Å². The maximum atomic E-state index is 12.6. The lowest BCUT2D eigenvalue weighted by Crippen LogP contribution is -2.13. The summed E-state index contributed by atoms with van der Waals surface area (Å²) < 4.78 is 11.8. The van der Waals surface area contributed by atoms with Crippen LogP contribution < -0.4 is 14.8 Å². The van der Waals surface area contributed by atoms with Crippen LogP contribution in [0, 0.1) is 3.57 Å². The number of methoxy groups -OCH3 is 1. The lowest BCUT2D eigenvalue weighted by atomic mass is 10.1. The van der Waals surface area contributed by atoms with Gasteiger partial charge in [0.15, 0.2) is 11.5 Å². The quantitative estimate of drug-likeness (QED) is 0.554. The highest BCUT2D eigenvalue weighted by molar-refractivity contribution is 14.1. The summed E-state index contributed by atoms with van der Waals surface area (Å²) in [4.78, 5) is 12.6. The number of hydrogen-bond acceptors (Lipinski definition) is 3. The number of rotatable bonds is 5. The lowest BCUT2D eigenvalue weighted by Gasteiger charge is -2.13. The van der Waals surface area contributed by atoms with Gasteiger partial charge in [-0.2, -0.15) is 0 Å². The van der Waals surface area contributed by atoms with Gasteiger partial charge in [-0.1, -0.05) is 30.3 Å². The van der Waals surface area contributed by atoms with Crippen molar-refractivity contribution in [2.45, 2.75) is 6.92 Å². The van der Waals surface area contributed by atoms with Crippen LogP contribution in [0.15, 0.2) is 54.6 Å². The van der Waals surface area contributed by atoms with Gasteiger partial charge in [-0.25, -0.2) is 0 Å². The van der Waals surface area contributed by atoms with Crippen molar-refractivity contribution in [3.05, 3.63) is 63.7 Å². The van der Waals surface area contributed by atoms with Crippen LogP contribution in [0.5, 0.6) is 11.5 Å². The molecule has 3 aromatic carbocycles. The Bertz CT molecular complexity index is 924. The van der Waals surface area contributed by atoms with Gasteiger partial charge in [0.2, 0.25) is 0 Å². The van der Waals surface area contributed by atoms with E-state index in [1.807, 2.05) is 49.4 Å². The first-order chi connectivity index (χ1) is 12.1. The molecule has 0 aliphatic heterocycles. The fraction of sp³-hybridized carbons (Fsp3) is 0.150. The zero-order valence-corrected chi connectivity index (χ0v) is 16.2. The van der Waals surface area contributed by atoms with Crippen molar-refractivity contribution in [1.82, 2.24) is 0 Å². The van der Waals surface area contributed by atoms with Gasteiger partial charge in [0.05, 0.1) is 17.3 Å². The number of halogens is 1. The van der Waals surface area contributed by atoms with Crippen LogP contribution in [0.25, 0.3) is 10.8 Å². The predicted octanol–water partition coefficient (Wildman–Crippen LogP) is 5.10. The first-order valence-corrected chi connectivity index (χ1v) is 9.00. The summed E-state index contributed by atoms with van der Waals surface area (Å²) in [5, 5.41) is 5.17. The Kier molecular flexibility index (Phi) is 5.43. The molecule has 0 heterocycles. The molecule has 4 nitrogen and oxygen atoms in total. The minimum Gasteiger partial charge on any atom is -0.492 e. The molecule has 0 fully saturated rings. The number of anilines is 1. The van der Waals surface area contributed by atoms with E-state index in [4.69, 9.17) is 9.47 Å². The van der Waals surface area contributed by atoms with Crippen LogP contribution in [0.4, 0.5) is 5.69 Å². The van der Waals surface area contributed by atoms with Gasteiger partial charge in [-0.3, -0.25) is 4.79 Å². The number of hydrogen-bond donors (Lipinski definition) is 1. The zero-order valence-electron chi connectivity index (χ0n) is 14.0. The van der Waals surface area contributed by atoms with Crippen LogP contribution in [-0.2, 0) is 0 Å². The summed E-state index contributed by atoms with van der Waals surface area (Å²) >= 11 is 2.14. The van der Waals surface area contributed by atoms with Gasteiger partial charge in [0.1, 0.15) is 0 Å². The van der Waals surface area contributed by atoms with Crippen molar-refractivity contribution in [3.8, 4) is 11.5 Å². The number of fused-ring (bicyclic) bond motifs is 1. The lowest BCUT2D eigenvalue weighted by molar-refractivity contribution is 0.102. The first-order valence-electron chi connectivity index (χ1n) is 7.93. The highest BCUT2D eigenvalue weighted by Gasteiger charge is 2.15. The molecule has 0 unspecified atom stereocenters. The molecule has 0 bridgehead atoms. The maximum Gasteiger partial charge on any atom is 0.255 e. The normalized spacial score (nSPS) is 10.5. The minimum absolute atomic E-state index is 0.184. The Morgan fingerprint density at radius 1 is 1.08 bits per heavy atom. The molecule has 0 saturated heterocycles. The fourth-order valence-corrected chi connectivity index (χ4v) is 3.45. The molecule has 0 aliphatic rings. The molecule has 0 spiro atoms. The van der Waals surface area contributed by atoms with Crippen LogP contribution in [0.1, 0.15) is 17.3 Å². The zero-order chi connectivity index (χ0) is 17.8. The molecule has 0 saturated carbocycles. The van der Waals surface area contributed by atoms with Crippen molar-refractivity contribution in [3.63, 3.8) is 0 Å². The summed E-state index contributed by atoms with van der Waals surface area (Å²) in [6.07, 6.45) is 0. The predicted molar refractivity (Wildman–Crippen MR) is 109 cm³/mol. The van der Waals surface area contributed by atoms with Gasteiger partial charge < -0.3 is 14.8 Å². The number of ether oxygens (including phenoxy) is 2. The number of nitrogens with one attached hydrogen (secondary N) is 1. The molecule has 0 aromatic heterocycles. The van der Waals surface area contributed by atoms with E-state index < -0.39 is 0 Å². The van der Waals surface area contributed by atoms with E-state index >= 15 is 0 Å². The van der Waals surface area contributed by atoms with Crippen LogP contribution in [0.3, 0.4) is 0 Å². The van der Waals surface area contributed by atoms with Gasteiger partial charge in [0, 0.05) is 11.3 Å². The Balaban J connectivity index is 1.89. The Hall–Kier alpha value is -2.28.